The van der Waals surface area contributed by atoms with Crippen LogP contribution in [0.1, 0.15) is 18.4 Å². The minimum absolute atomic E-state index is 0.0576. The Morgan fingerprint density at radius 1 is 1.13 bits per heavy atom. The molecule has 2 amide bonds. The van der Waals surface area contributed by atoms with Crippen molar-refractivity contribution in [3.05, 3.63) is 59.4 Å². The quantitative estimate of drug-likeness (QED) is 0.533. The Morgan fingerprint density at radius 2 is 1.83 bits per heavy atom. The lowest BCUT2D eigenvalue weighted by molar-refractivity contribution is -0.117. The summed E-state index contributed by atoms with van der Waals surface area (Å²) in [6.07, 6.45) is 3.51. The number of carbonyl (C=O) groups excluding carboxylic acids is 2. The molecular formula is C21H20ClN5O2S. The van der Waals surface area contributed by atoms with Gasteiger partial charge >= 0.3 is 0 Å². The zero-order chi connectivity index (χ0) is 21.1. The molecule has 30 heavy (non-hydrogen) atoms. The Hall–Kier alpha value is -2.84. The first-order valence-corrected chi connectivity index (χ1v) is 10.9. The maximum absolute atomic E-state index is 12.3. The third kappa shape index (κ3) is 5.01. The highest BCUT2D eigenvalue weighted by Crippen LogP contribution is 2.30. The standard InChI is InChI=1S/C21H20ClN5O2S/c1-13-2-9-17(10-18(13)22)27-12-23-26-21(27)30-11-19(28)24-15-5-7-16(8-6-15)25-20(29)14-3-4-14/h2,5-10,12,14H,3-4,11H2,1H3,(H,24,28)(H,25,29). The van der Waals surface area contributed by atoms with E-state index in [-0.39, 0.29) is 23.5 Å². The van der Waals surface area contributed by atoms with Crippen molar-refractivity contribution in [2.45, 2.75) is 24.9 Å². The highest BCUT2D eigenvalue weighted by molar-refractivity contribution is 7.99. The topological polar surface area (TPSA) is 88.9 Å². The van der Waals surface area contributed by atoms with E-state index in [0.717, 1.165) is 29.8 Å². The summed E-state index contributed by atoms with van der Waals surface area (Å²) in [4.78, 5) is 24.1. The van der Waals surface area contributed by atoms with Gasteiger partial charge in [0.25, 0.3) is 0 Å². The second-order valence-corrected chi connectivity index (χ2v) is 8.44. The number of thioether (sulfide) groups is 1. The summed E-state index contributed by atoms with van der Waals surface area (Å²) in [7, 11) is 0. The SMILES string of the molecule is Cc1ccc(-n2cnnc2SCC(=O)Nc2ccc(NC(=O)C3CC3)cc2)cc1Cl. The fourth-order valence-electron chi connectivity index (χ4n) is 2.79. The number of carbonyl (C=O) groups is 2. The number of hydrogen-bond acceptors (Lipinski definition) is 5. The molecule has 1 heterocycles. The second-order valence-electron chi connectivity index (χ2n) is 7.09. The van der Waals surface area contributed by atoms with E-state index in [9.17, 15) is 9.59 Å². The summed E-state index contributed by atoms with van der Waals surface area (Å²) >= 11 is 7.49. The summed E-state index contributed by atoms with van der Waals surface area (Å²) in [6, 6.07) is 12.8. The molecule has 2 N–H and O–H groups in total. The number of aryl methyl sites for hydroxylation is 1. The van der Waals surface area contributed by atoms with Gasteiger partial charge in [0.2, 0.25) is 11.8 Å². The minimum Gasteiger partial charge on any atom is -0.326 e. The van der Waals surface area contributed by atoms with Crippen molar-refractivity contribution in [1.82, 2.24) is 14.8 Å². The monoisotopic (exact) mass is 441 g/mol. The van der Waals surface area contributed by atoms with Gasteiger partial charge in [-0.05, 0) is 61.7 Å². The van der Waals surface area contributed by atoms with E-state index in [0.29, 0.717) is 15.9 Å². The van der Waals surface area contributed by atoms with Crippen LogP contribution in [0.3, 0.4) is 0 Å². The van der Waals surface area contributed by atoms with Crippen LogP contribution in [-0.2, 0) is 9.59 Å². The van der Waals surface area contributed by atoms with Crippen LogP contribution < -0.4 is 10.6 Å². The molecule has 0 aliphatic heterocycles. The van der Waals surface area contributed by atoms with Gasteiger partial charge in [0.05, 0.1) is 11.4 Å². The first-order valence-electron chi connectivity index (χ1n) is 9.50. The predicted octanol–water partition coefficient (Wildman–Crippen LogP) is 4.31. The Kier molecular flexibility index (Phi) is 6.06. The van der Waals surface area contributed by atoms with Crippen LogP contribution in [0.5, 0.6) is 0 Å². The van der Waals surface area contributed by atoms with Gasteiger partial charge in [-0.15, -0.1) is 10.2 Å². The van der Waals surface area contributed by atoms with Crippen LogP contribution in [0.2, 0.25) is 5.02 Å². The molecule has 2 aromatic carbocycles. The third-order valence-corrected chi connectivity index (χ3v) is 6.02. The first kappa shape index (κ1) is 20.4. The molecule has 1 fully saturated rings. The number of amides is 2. The Balaban J connectivity index is 1.32. The molecule has 0 unspecified atom stereocenters. The van der Waals surface area contributed by atoms with E-state index in [1.54, 1.807) is 35.2 Å². The van der Waals surface area contributed by atoms with E-state index >= 15 is 0 Å². The van der Waals surface area contributed by atoms with Crippen molar-refractivity contribution < 1.29 is 9.59 Å². The van der Waals surface area contributed by atoms with E-state index in [2.05, 4.69) is 20.8 Å². The van der Waals surface area contributed by atoms with Crippen molar-refractivity contribution in [3.63, 3.8) is 0 Å². The zero-order valence-corrected chi connectivity index (χ0v) is 17.8. The van der Waals surface area contributed by atoms with E-state index in [4.69, 9.17) is 11.6 Å². The highest BCUT2D eigenvalue weighted by Gasteiger charge is 2.29. The normalized spacial score (nSPS) is 13.1. The van der Waals surface area contributed by atoms with Crippen molar-refractivity contribution in [1.29, 1.82) is 0 Å². The molecule has 0 spiro atoms. The summed E-state index contributed by atoms with van der Waals surface area (Å²) < 4.78 is 1.79. The lowest BCUT2D eigenvalue weighted by Crippen LogP contribution is -2.15. The van der Waals surface area contributed by atoms with Crippen molar-refractivity contribution in [2.24, 2.45) is 5.92 Å². The van der Waals surface area contributed by atoms with Gasteiger partial charge in [-0.25, -0.2) is 0 Å². The van der Waals surface area contributed by atoms with Gasteiger partial charge in [0, 0.05) is 22.3 Å². The number of anilines is 2. The van der Waals surface area contributed by atoms with Gasteiger partial charge in [0.1, 0.15) is 6.33 Å². The molecule has 9 heteroatoms. The number of nitrogens with one attached hydrogen (secondary N) is 2. The second kappa shape index (κ2) is 8.89. The fourth-order valence-corrected chi connectivity index (χ4v) is 3.69. The van der Waals surface area contributed by atoms with Gasteiger partial charge in [-0.3, -0.25) is 14.2 Å². The Labute approximate surface area is 183 Å². The van der Waals surface area contributed by atoms with Crippen molar-refractivity contribution >= 4 is 46.6 Å². The molecule has 0 radical (unpaired) electrons. The number of aromatic nitrogens is 3. The number of halogens is 1. The lowest BCUT2D eigenvalue weighted by atomic mass is 10.2. The van der Waals surface area contributed by atoms with Crippen LogP contribution in [-0.4, -0.2) is 32.3 Å². The van der Waals surface area contributed by atoms with Gasteiger partial charge in [-0.2, -0.15) is 0 Å². The molecule has 0 saturated heterocycles. The maximum Gasteiger partial charge on any atom is 0.234 e. The van der Waals surface area contributed by atoms with E-state index in [1.165, 1.54) is 11.8 Å². The number of nitrogens with zero attached hydrogens (tertiary/aromatic N) is 3. The Bertz CT molecular complexity index is 1080. The molecule has 0 bridgehead atoms. The largest absolute Gasteiger partial charge is 0.326 e. The van der Waals surface area contributed by atoms with Gasteiger partial charge in [0.15, 0.2) is 5.16 Å². The summed E-state index contributed by atoms with van der Waals surface area (Å²) in [5, 5.41) is 15.0. The van der Waals surface area contributed by atoms with E-state index in [1.807, 2.05) is 25.1 Å². The predicted molar refractivity (Wildman–Crippen MR) is 118 cm³/mol. The van der Waals surface area contributed by atoms with Crippen LogP contribution in [0.4, 0.5) is 11.4 Å². The van der Waals surface area contributed by atoms with Crippen molar-refractivity contribution in [2.75, 3.05) is 16.4 Å². The number of benzene rings is 2. The van der Waals surface area contributed by atoms with Crippen LogP contribution in [0.25, 0.3) is 5.69 Å². The third-order valence-electron chi connectivity index (χ3n) is 4.67. The zero-order valence-electron chi connectivity index (χ0n) is 16.3. The molecule has 154 valence electrons. The van der Waals surface area contributed by atoms with E-state index < -0.39 is 0 Å². The summed E-state index contributed by atoms with van der Waals surface area (Å²) in [6.45, 7) is 1.94. The number of rotatable bonds is 7. The molecule has 4 rings (SSSR count). The molecule has 1 aromatic heterocycles. The average Bonchev–Trinajstić information content (AvgIpc) is 3.48. The molecule has 7 nitrogen and oxygen atoms in total. The smallest absolute Gasteiger partial charge is 0.234 e. The van der Waals surface area contributed by atoms with Crippen LogP contribution in [0, 0.1) is 12.8 Å². The molecule has 1 saturated carbocycles. The van der Waals surface area contributed by atoms with Crippen molar-refractivity contribution in [3.8, 4) is 5.69 Å². The fraction of sp³-hybridized carbons (Fsp3) is 0.238. The average molecular weight is 442 g/mol. The lowest BCUT2D eigenvalue weighted by Gasteiger charge is -2.09. The van der Waals surface area contributed by atoms with Crippen LogP contribution in [0.15, 0.2) is 53.9 Å². The maximum atomic E-state index is 12.3. The molecule has 1 aliphatic carbocycles. The molecule has 0 atom stereocenters. The molecule has 1 aliphatic rings. The number of hydrogen-bond donors (Lipinski definition) is 2. The summed E-state index contributed by atoms with van der Waals surface area (Å²) in [5.41, 5.74) is 3.21. The van der Waals surface area contributed by atoms with Crippen LogP contribution >= 0.6 is 23.4 Å². The highest BCUT2D eigenvalue weighted by atomic mass is 35.5. The first-order chi connectivity index (χ1) is 14.5. The summed E-state index contributed by atoms with van der Waals surface area (Å²) in [5.74, 6) is 0.228. The van der Waals surface area contributed by atoms with Gasteiger partial charge in [-0.1, -0.05) is 29.4 Å². The molecule has 3 aromatic rings. The molecular weight excluding hydrogens is 422 g/mol. The Morgan fingerprint density at radius 3 is 2.50 bits per heavy atom. The minimum atomic E-state index is -0.161. The van der Waals surface area contributed by atoms with Gasteiger partial charge < -0.3 is 10.6 Å².